The van der Waals surface area contributed by atoms with Crippen LogP contribution in [0.15, 0.2) is 0 Å². The quantitative estimate of drug-likeness (QED) is 0.470. The summed E-state index contributed by atoms with van der Waals surface area (Å²) in [5.41, 5.74) is 0. The molecule has 3 aliphatic carbocycles. The van der Waals surface area contributed by atoms with E-state index in [4.69, 9.17) is 3.63 Å². The summed E-state index contributed by atoms with van der Waals surface area (Å²) in [5, 5.41) is 0.462. The molecular formula is C22H40O4S2. The molecule has 0 heterocycles. The molecule has 0 N–H and O–H groups in total. The lowest BCUT2D eigenvalue weighted by molar-refractivity contribution is -0.119. The van der Waals surface area contributed by atoms with Crippen molar-refractivity contribution < 1.29 is 16.8 Å². The van der Waals surface area contributed by atoms with Crippen LogP contribution in [0, 0.1) is 0 Å². The highest BCUT2D eigenvalue weighted by molar-refractivity contribution is 8.34. The van der Waals surface area contributed by atoms with Gasteiger partial charge in [-0.3, -0.25) is 4.79 Å². The molecule has 3 saturated carbocycles. The minimum Gasteiger partial charge on any atom is -0.298 e. The van der Waals surface area contributed by atoms with Gasteiger partial charge in [0.2, 0.25) is 0 Å². The highest BCUT2D eigenvalue weighted by Crippen LogP contribution is 2.69. The van der Waals surface area contributed by atoms with Crippen molar-refractivity contribution in [3.8, 4) is 0 Å². The zero-order valence-corrected chi connectivity index (χ0v) is 19.3. The second-order valence-electron chi connectivity index (χ2n) is 9.10. The second-order valence-corrected chi connectivity index (χ2v) is 14.5. The van der Waals surface area contributed by atoms with Gasteiger partial charge in [0.1, 0.15) is 5.78 Å². The van der Waals surface area contributed by atoms with Crippen LogP contribution < -0.4 is 0 Å². The fraction of sp³-hybridized carbons (Fsp3) is 0.955. The lowest BCUT2D eigenvalue weighted by atomic mass is 9.98. The molecule has 0 aromatic heterocycles. The topological polar surface area (TPSA) is 60.4 Å². The molecule has 3 fully saturated rings. The van der Waals surface area contributed by atoms with Crippen LogP contribution in [0.2, 0.25) is 0 Å². The summed E-state index contributed by atoms with van der Waals surface area (Å²) in [4.78, 5) is 13.2. The molecule has 0 amide bonds. The van der Waals surface area contributed by atoms with Crippen molar-refractivity contribution in [1.82, 2.24) is 0 Å². The van der Waals surface area contributed by atoms with Crippen LogP contribution in [0.1, 0.15) is 110 Å². The number of Topliss-reactive ketones (excluding diaryl/α,β-unsaturated/α-hetero) is 1. The van der Waals surface area contributed by atoms with Crippen LogP contribution in [0.25, 0.3) is 0 Å². The van der Waals surface area contributed by atoms with E-state index in [2.05, 4.69) is 0 Å². The highest BCUT2D eigenvalue weighted by atomic mass is 32.3. The van der Waals surface area contributed by atoms with E-state index in [1.807, 2.05) is 6.92 Å². The van der Waals surface area contributed by atoms with Gasteiger partial charge in [-0.25, -0.2) is 3.63 Å². The summed E-state index contributed by atoms with van der Waals surface area (Å²) in [6.07, 6.45) is 16.3. The smallest absolute Gasteiger partial charge is 0.276 e. The SMILES string of the molecule is CCCCS(=O)(=O)OS(C1CCCCC1)(C1CCCCC1)C1CCCCC1=O. The van der Waals surface area contributed by atoms with Crippen LogP contribution >= 0.6 is 10.3 Å². The van der Waals surface area contributed by atoms with Gasteiger partial charge in [-0.15, -0.1) is 10.3 Å². The van der Waals surface area contributed by atoms with E-state index in [9.17, 15) is 13.2 Å². The van der Waals surface area contributed by atoms with E-state index in [1.54, 1.807) is 0 Å². The Balaban J connectivity index is 2.02. The summed E-state index contributed by atoms with van der Waals surface area (Å²) in [5.74, 6) is 0.418. The fourth-order valence-corrected chi connectivity index (χ4v) is 13.9. The van der Waals surface area contributed by atoms with Gasteiger partial charge in [0.15, 0.2) is 0 Å². The molecule has 4 nitrogen and oxygen atoms in total. The summed E-state index contributed by atoms with van der Waals surface area (Å²) >= 11 is 0. The largest absolute Gasteiger partial charge is 0.298 e. The number of carbonyl (C=O) groups is 1. The Hall–Kier alpha value is -0.0700. The fourth-order valence-electron chi connectivity index (χ4n) is 5.64. The van der Waals surface area contributed by atoms with Crippen LogP contribution in [0.3, 0.4) is 0 Å². The molecule has 0 aromatic carbocycles. The average Bonchev–Trinajstić information content (AvgIpc) is 2.72. The van der Waals surface area contributed by atoms with E-state index in [0.29, 0.717) is 29.1 Å². The Labute approximate surface area is 174 Å². The molecule has 0 saturated heterocycles. The first kappa shape index (κ1) is 22.6. The number of unbranched alkanes of at least 4 members (excludes halogenated alkanes) is 1. The summed E-state index contributed by atoms with van der Waals surface area (Å²) < 4.78 is 32.7. The maximum Gasteiger partial charge on any atom is 0.276 e. The molecule has 28 heavy (non-hydrogen) atoms. The van der Waals surface area contributed by atoms with Crippen molar-refractivity contribution in [3.63, 3.8) is 0 Å². The molecule has 0 radical (unpaired) electrons. The maximum absolute atomic E-state index is 13.2. The second kappa shape index (κ2) is 10.3. The first-order valence-electron chi connectivity index (χ1n) is 11.8. The van der Waals surface area contributed by atoms with Gasteiger partial charge >= 0.3 is 0 Å². The van der Waals surface area contributed by atoms with Gasteiger partial charge in [0.25, 0.3) is 10.1 Å². The molecule has 0 spiro atoms. The van der Waals surface area contributed by atoms with Gasteiger partial charge in [0, 0.05) is 16.9 Å². The predicted molar refractivity (Wildman–Crippen MR) is 118 cm³/mol. The molecule has 1 unspecified atom stereocenters. The average molecular weight is 433 g/mol. The third-order valence-corrected chi connectivity index (χ3v) is 14.0. The van der Waals surface area contributed by atoms with Gasteiger partial charge in [-0.2, -0.15) is 8.42 Å². The minimum atomic E-state index is -3.59. The van der Waals surface area contributed by atoms with Crippen LogP contribution in [-0.2, 0) is 18.5 Å². The lowest BCUT2D eigenvalue weighted by Gasteiger charge is -2.56. The van der Waals surface area contributed by atoms with Gasteiger partial charge in [0.05, 0.1) is 11.0 Å². The molecule has 1 atom stereocenters. The molecule has 3 rings (SSSR count). The van der Waals surface area contributed by atoms with E-state index in [1.165, 1.54) is 12.8 Å². The Morgan fingerprint density at radius 2 is 1.36 bits per heavy atom. The molecule has 6 heteroatoms. The first-order valence-corrected chi connectivity index (χ1v) is 15.1. The summed E-state index contributed by atoms with van der Waals surface area (Å²) in [6.45, 7) is 2.02. The Morgan fingerprint density at radius 1 is 0.821 bits per heavy atom. The van der Waals surface area contributed by atoms with Crippen molar-refractivity contribution >= 4 is 26.2 Å². The van der Waals surface area contributed by atoms with Gasteiger partial charge in [-0.05, 0) is 44.9 Å². The van der Waals surface area contributed by atoms with Crippen LogP contribution in [0.5, 0.6) is 0 Å². The lowest BCUT2D eigenvalue weighted by Crippen LogP contribution is -2.45. The summed E-state index contributed by atoms with van der Waals surface area (Å²) in [7, 11) is -5.56. The monoisotopic (exact) mass is 432 g/mol. The Kier molecular flexibility index (Phi) is 8.32. The predicted octanol–water partition coefficient (Wildman–Crippen LogP) is 6.03. The number of ketones is 1. The van der Waals surface area contributed by atoms with Crippen LogP contribution in [0.4, 0.5) is 0 Å². The van der Waals surface area contributed by atoms with Gasteiger partial charge in [-0.1, -0.05) is 58.3 Å². The van der Waals surface area contributed by atoms with Crippen molar-refractivity contribution in [1.29, 1.82) is 0 Å². The molecule has 0 aliphatic heterocycles. The van der Waals surface area contributed by atoms with Crippen molar-refractivity contribution in [2.75, 3.05) is 5.75 Å². The molecule has 3 aliphatic rings. The molecule has 164 valence electrons. The number of hydrogen-bond donors (Lipinski definition) is 0. The first-order chi connectivity index (χ1) is 13.5. The zero-order valence-electron chi connectivity index (χ0n) is 17.7. The Morgan fingerprint density at radius 3 is 1.86 bits per heavy atom. The zero-order chi connectivity index (χ0) is 20.0. The minimum absolute atomic E-state index is 0.110. The summed E-state index contributed by atoms with van der Waals surface area (Å²) in [6, 6.07) is 0. The van der Waals surface area contributed by atoms with Crippen molar-refractivity contribution in [2.24, 2.45) is 0 Å². The highest BCUT2D eigenvalue weighted by Gasteiger charge is 2.52. The third-order valence-electron chi connectivity index (χ3n) is 7.06. The van der Waals surface area contributed by atoms with E-state index in [0.717, 1.165) is 77.0 Å². The number of rotatable bonds is 8. The standard InChI is InChI=1S/C22H40O4S2/c1-2-3-18-27(24,25)26-28(19-12-6-4-7-13-19,20-14-8-5-9-15-20)22-17-11-10-16-21(22)23/h19-20,22H,2-18H2,1H3. The molecular weight excluding hydrogens is 392 g/mol. The van der Waals surface area contributed by atoms with Crippen LogP contribution in [-0.4, -0.2) is 35.7 Å². The third kappa shape index (κ3) is 5.15. The Bertz CT molecular complexity index is 586. The van der Waals surface area contributed by atoms with E-state index < -0.39 is 20.4 Å². The van der Waals surface area contributed by atoms with E-state index in [-0.39, 0.29) is 11.0 Å². The normalized spacial score (nSPS) is 27.0. The van der Waals surface area contributed by atoms with Crippen molar-refractivity contribution in [2.45, 2.75) is 125 Å². The number of carbonyl (C=O) groups excluding carboxylic acids is 1. The van der Waals surface area contributed by atoms with Crippen molar-refractivity contribution in [3.05, 3.63) is 0 Å². The maximum atomic E-state index is 13.2. The van der Waals surface area contributed by atoms with E-state index >= 15 is 0 Å². The van der Waals surface area contributed by atoms with Gasteiger partial charge < -0.3 is 0 Å². The molecule has 0 aromatic rings. The number of hydrogen-bond acceptors (Lipinski definition) is 4. The molecule has 0 bridgehead atoms.